The smallest absolute Gasteiger partial charge is 0.319 e. The molecule has 1 aromatic carbocycles. The van der Waals surface area contributed by atoms with Gasteiger partial charge in [-0.25, -0.2) is 23.5 Å². The van der Waals surface area contributed by atoms with Gasteiger partial charge in [0.05, 0.1) is 11.8 Å². The number of aryl methyl sites for hydroxylation is 1. The van der Waals surface area contributed by atoms with Gasteiger partial charge in [0.15, 0.2) is 0 Å². The molecular formula is C26H34F2N6O3. The van der Waals surface area contributed by atoms with E-state index in [1.54, 1.807) is 0 Å². The number of rotatable bonds is 7. The highest BCUT2D eigenvalue weighted by Gasteiger charge is 2.25. The zero-order valence-electron chi connectivity index (χ0n) is 21.2. The molecule has 2 fully saturated rings. The second kappa shape index (κ2) is 12.3. The predicted molar refractivity (Wildman–Crippen MR) is 137 cm³/mol. The maximum Gasteiger partial charge on any atom is 0.319 e. The van der Waals surface area contributed by atoms with Crippen molar-refractivity contribution in [1.82, 2.24) is 15.3 Å². The lowest BCUT2D eigenvalue weighted by molar-refractivity contribution is 0.0406. The number of nitrogens with one attached hydrogen (secondary N) is 2. The molecule has 9 nitrogen and oxygen atoms in total. The topological polar surface area (TPSA) is 112 Å². The van der Waals surface area contributed by atoms with Crippen LogP contribution in [-0.4, -0.2) is 58.7 Å². The number of urea groups is 1. The fraction of sp³-hybridized carbons (Fsp3) is 0.538. The van der Waals surface area contributed by atoms with Gasteiger partial charge in [0.2, 0.25) is 5.95 Å². The molecule has 1 atom stereocenters. The molecule has 2 heterocycles. The van der Waals surface area contributed by atoms with Crippen LogP contribution in [0.2, 0.25) is 0 Å². The zero-order chi connectivity index (χ0) is 26.4. The van der Waals surface area contributed by atoms with Crippen LogP contribution in [0.15, 0.2) is 29.7 Å². The number of amides is 2. The molecule has 1 saturated carbocycles. The van der Waals surface area contributed by atoms with Crippen molar-refractivity contribution in [1.29, 1.82) is 0 Å². The highest BCUT2D eigenvalue weighted by Crippen LogP contribution is 2.34. The number of anilines is 2. The van der Waals surface area contributed by atoms with E-state index in [0.717, 1.165) is 43.2 Å². The predicted octanol–water partition coefficient (Wildman–Crippen LogP) is 4.26. The van der Waals surface area contributed by atoms with Gasteiger partial charge < -0.3 is 25.5 Å². The molecule has 1 aromatic heterocycles. The number of carbonyl (C=O) groups is 1. The van der Waals surface area contributed by atoms with Crippen LogP contribution in [0.25, 0.3) is 0 Å². The van der Waals surface area contributed by atoms with Crippen molar-refractivity contribution in [3.63, 3.8) is 0 Å². The summed E-state index contributed by atoms with van der Waals surface area (Å²) in [5, 5.41) is 18.1. The average Bonchev–Trinajstić information content (AvgIpc) is 2.89. The van der Waals surface area contributed by atoms with E-state index in [4.69, 9.17) is 4.84 Å². The molecule has 0 bridgehead atoms. The van der Waals surface area contributed by atoms with Crippen molar-refractivity contribution in [2.45, 2.75) is 70.5 Å². The van der Waals surface area contributed by atoms with Gasteiger partial charge in [-0.1, -0.05) is 5.16 Å². The van der Waals surface area contributed by atoms with Gasteiger partial charge >= 0.3 is 6.03 Å². The Morgan fingerprint density at radius 2 is 1.78 bits per heavy atom. The molecule has 1 unspecified atom stereocenters. The molecule has 37 heavy (non-hydrogen) atoms. The minimum absolute atomic E-state index is 0.00110. The van der Waals surface area contributed by atoms with Gasteiger partial charge in [-0.15, -0.1) is 0 Å². The van der Waals surface area contributed by atoms with E-state index < -0.39 is 29.5 Å². The van der Waals surface area contributed by atoms with E-state index in [0.29, 0.717) is 31.2 Å². The summed E-state index contributed by atoms with van der Waals surface area (Å²) in [5.74, 6) is -0.913. The number of hydrogen-bond donors (Lipinski definition) is 3. The zero-order valence-corrected chi connectivity index (χ0v) is 21.2. The SMILES string of the molecule is Cc1cnc(N2CCC(ON=C3CCC(c4cc(F)c(NC(=O)NCC(C)O)c(F)c4)CC3)CC2)nc1. The molecule has 4 rings (SSSR count). The Hall–Kier alpha value is -3.34. The van der Waals surface area contributed by atoms with Crippen molar-refractivity contribution >= 4 is 23.4 Å². The number of nitrogens with zero attached hydrogens (tertiary/aromatic N) is 4. The summed E-state index contributed by atoms with van der Waals surface area (Å²) in [6, 6.07) is 1.78. The lowest BCUT2D eigenvalue weighted by atomic mass is 9.83. The third-order valence-corrected chi connectivity index (χ3v) is 6.72. The molecule has 0 radical (unpaired) electrons. The third kappa shape index (κ3) is 7.34. The van der Waals surface area contributed by atoms with Gasteiger partial charge in [0.1, 0.15) is 23.4 Å². The lowest BCUT2D eigenvalue weighted by Gasteiger charge is -2.31. The van der Waals surface area contributed by atoms with Crippen LogP contribution >= 0.6 is 0 Å². The molecule has 1 saturated heterocycles. The first-order valence-corrected chi connectivity index (χ1v) is 12.8. The summed E-state index contributed by atoms with van der Waals surface area (Å²) in [4.78, 5) is 28.6. The Bertz CT molecular complexity index is 1070. The molecule has 1 aliphatic carbocycles. The van der Waals surface area contributed by atoms with E-state index in [-0.39, 0.29) is 18.6 Å². The van der Waals surface area contributed by atoms with Crippen LogP contribution in [-0.2, 0) is 4.84 Å². The van der Waals surface area contributed by atoms with Crippen LogP contribution in [0.5, 0.6) is 0 Å². The number of halogens is 2. The van der Waals surface area contributed by atoms with Crippen LogP contribution in [0.4, 0.5) is 25.2 Å². The average molecular weight is 517 g/mol. The number of oxime groups is 1. The molecule has 0 spiro atoms. The van der Waals surface area contributed by atoms with Crippen LogP contribution < -0.4 is 15.5 Å². The monoisotopic (exact) mass is 516 g/mol. The number of piperidine rings is 1. The Morgan fingerprint density at radius 1 is 1.16 bits per heavy atom. The normalized spacial score (nSPS) is 19.3. The Kier molecular flexibility index (Phi) is 8.86. The lowest BCUT2D eigenvalue weighted by Crippen LogP contribution is -2.37. The summed E-state index contributed by atoms with van der Waals surface area (Å²) >= 11 is 0. The van der Waals surface area contributed by atoms with Crippen molar-refractivity contribution < 1.29 is 23.5 Å². The Balaban J connectivity index is 1.24. The van der Waals surface area contributed by atoms with Gasteiger partial charge in [-0.05, 0) is 68.7 Å². The second-order valence-corrected chi connectivity index (χ2v) is 9.83. The maximum absolute atomic E-state index is 14.6. The van der Waals surface area contributed by atoms with Gasteiger partial charge in [0.25, 0.3) is 0 Å². The summed E-state index contributed by atoms with van der Waals surface area (Å²) < 4.78 is 29.2. The largest absolute Gasteiger partial charge is 0.392 e. The minimum Gasteiger partial charge on any atom is -0.392 e. The van der Waals surface area contributed by atoms with Crippen LogP contribution in [0.3, 0.4) is 0 Å². The van der Waals surface area contributed by atoms with E-state index in [1.165, 1.54) is 19.1 Å². The molecule has 2 aliphatic rings. The van der Waals surface area contributed by atoms with E-state index in [2.05, 4.69) is 30.7 Å². The molecule has 3 N–H and O–H groups in total. The number of carbonyl (C=O) groups excluding carboxylic acids is 1. The first kappa shape index (κ1) is 26.7. The Morgan fingerprint density at radius 3 is 2.38 bits per heavy atom. The van der Waals surface area contributed by atoms with Gasteiger partial charge in [-0.2, -0.15) is 0 Å². The number of benzene rings is 1. The fourth-order valence-electron chi connectivity index (χ4n) is 4.58. The molecular weight excluding hydrogens is 482 g/mol. The minimum atomic E-state index is -0.827. The Labute approximate surface area is 215 Å². The van der Waals surface area contributed by atoms with E-state index >= 15 is 0 Å². The summed E-state index contributed by atoms with van der Waals surface area (Å²) in [6.45, 7) is 5.06. The van der Waals surface area contributed by atoms with Crippen LogP contribution in [0.1, 0.15) is 62.5 Å². The fourth-order valence-corrected chi connectivity index (χ4v) is 4.58. The highest BCUT2D eigenvalue weighted by atomic mass is 19.1. The standard InChI is InChI=1S/C26H34F2N6O3/c1-16-13-29-25(30-14-16)34-9-7-21(8-10-34)37-33-20-5-3-18(4-6-20)19-11-22(27)24(23(28)12-19)32-26(36)31-15-17(2)35/h11-14,17-18,21,35H,3-10,15H2,1-2H3,(H2,31,32,36). The van der Waals surface area contributed by atoms with Crippen molar-refractivity contribution in [3.05, 3.63) is 47.3 Å². The summed E-state index contributed by atoms with van der Waals surface area (Å²) in [5.41, 5.74) is 2.06. The summed E-state index contributed by atoms with van der Waals surface area (Å²) in [7, 11) is 0. The van der Waals surface area contributed by atoms with Gasteiger partial charge in [0, 0.05) is 44.9 Å². The molecule has 2 aromatic rings. The first-order valence-electron chi connectivity index (χ1n) is 12.8. The molecule has 11 heteroatoms. The number of aliphatic hydroxyl groups excluding tert-OH is 1. The molecule has 200 valence electrons. The first-order chi connectivity index (χ1) is 17.8. The van der Waals surface area contributed by atoms with E-state index in [1.807, 2.05) is 19.3 Å². The number of aliphatic hydroxyl groups is 1. The van der Waals surface area contributed by atoms with Crippen LogP contribution in [0, 0.1) is 18.6 Å². The molecule has 2 amide bonds. The van der Waals surface area contributed by atoms with Gasteiger partial charge in [-0.3, -0.25) is 0 Å². The number of aromatic nitrogens is 2. The van der Waals surface area contributed by atoms with E-state index in [9.17, 15) is 18.7 Å². The third-order valence-electron chi connectivity index (χ3n) is 6.72. The maximum atomic E-state index is 14.6. The number of hydrogen-bond acceptors (Lipinski definition) is 7. The highest BCUT2D eigenvalue weighted by molar-refractivity contribution is 5.89. The van der Waals surface area contributed by atoms with Crippen molar-refractivity contribution in [3.8, 4) is 0 Å². The summed E-state index contributed by atoms with van der Waals surface area (Å²) in [6.07, 6.45) is 7.43. The van der Waals surface area contributed by atoms with Crippen molar-refractivity contribution in [2.75, 3.05) is 29.9 Å². The quantitative estimate of drug-likeness (QED) is 0.474. The second-order valence-electron chi connectivity index (χ2n) is 9.83. The molecule has 1 aliphatic heterocycles. The van der Waals surface area contributed by atoms with Crippen molar-refractivity contribution in [2.24, 2.45) is 5.16 Å².